The molecule has 0 radical (unpaired) electrons. The van der Waals surface area contributed by atoms with Crippen LogP contribution in [0.4, 0.5) is 5.69 Å². The fourth-order valence-electron chi connectivity index (χ4n) is 2.14. The molecule has 2 aromatic rings. The van der Waals surface area contributed by atoms with Gasteiger partial charge in [-0.25, -0.2) is 0 Å². The average Bonchev–Trinajstić information content (AvgIpc) is 3.09. The molecule has 1 N–H and O–H groups in total. The lowest BCUT2D eigenvalue weighted by atomic mass is 10.2. The highest BCUT2D eigenvalue weighted by Crippen LogP contribution is 2.30. The number of aromatic nitrogens is 2. The fraction of sp³-hybridized carbons (Fsp3) is 0.385. The van der Waals surface area contributed by atoms with Gasteiger partial charge in [-0.2, -0.15) is 4.98 Å². The second-order valence-corrected chi connectivity index (χ2v) is 4.25. The molecule has 1 aliphatic heterocycles. The number of anilines is 1. The van der Waals surface area contributed by atoms with Gasteiger partial charge in [-0.1, -0.05) is 17.3 Å². The van der Waals surface area contributed by atoms with E-state index >= 15 is 0 Å². The molecule has 18 heavy (non-hydrogen) atoms. The Morgan fingerprint density at radius 1 is 1.33 bits per heavy atom. The summed E-state index contributed by atoms with van der Waals surface area (Å²) in [6, 6.07) is 7.85. The van der Waals surface area contributed by atoms with Gasteiger partial charge in [-0.3, -0.25) is 0 Å². The topological polar surface area (TPSA) is 60.2 Å². The highest BCUT2D eigenvalue weighted by molar-refractivity contribution is 5.72. The monoisotopic (exact) mass is 245 g/mol. The van der Waals surface area contributed by atoms with Crippen LogP contribution in [0, 0.1) is 0 Å². The molecular weight excluding hydrogens is 230 g/mol. The molecular formula is C13H15N3O2. The summed E-state index contributed by atoms with van der Waals surface area (Å²) in [6.07, 6.45) is 2.01. The zero-order valence-electron chi connectivity index (χ0n) is 10.2. The molecule has 1 aromatic heterocycles. The first-order valence-electron chi connectivity index (χ1n) is 6.11. The van der Waals surface area contributed by atoms with Crippen LogP contribution in [0.5, 0.6) is 0 Å². The lowest BCUT2D eigenvalue weighted by Gasteiger charge is -2.04. The number of para-hydroxylation sites is 1. The average molecular weight is 245 g/mol. The Kier molecular flexibility index (Phi) is 2.98. The first-order chi connectivity index (χ1) is 8.88. The van der Waals surface area contributed by atoms with Gasteiger partial charge in [0.1, 0.15) is 6.10 Å². The van der Waals surface area contributed by atoms with Gasteiger partial charge in [0.05, 0.1) is 5.56 Å². The predicted molar refractivity (Wildman–Crippen MR) is 67.2 cm³/mol. The molecule has 3 rings (SSSR count). The summed E-state index contributed by atoms with van der Waals surface area (Å²) in [5, 5.41) is 7.12. The van der Waals surface area contributed by atoms with E-state index in [2.05, 4.69) is 15.5 Å². The van der Waals surface area contributed by atoms with Crippen molar-refractivity contribution in [1.29, 1.82) is 0 Å². The van der Waals surface area contributed by atoms with Crippen LogP contribution >= 0.6 is 0 Å². The third kappa shape index (κ3) is 1.97. The van der Waals surface area contributed by atoms with Gasteiger partial charge < -0.3 is 14.6 Å². The zero-order valence-corrected chi connectivity index (χ0v) is 10.2. The van der Waals surface area contributed by atoms with Crippen LogP contribution in [-0.4, -0.2) is 23.8 Å². The van der Waals surface area contributed by atoms with Crippen molar-refractivity contribution < 1.29 is 9.26 Å². The van der Waals surface area contributed by atoms with Gasteiger partial charge in [-0.15, -0.1) is 0 Å². The van der Waals surface area contributed by atoms with Crippen molar-refractivity contribution in [2.75, 3.05) is 19.0 Å². The molecule has 0 bridgehead atoms. The maximum Gasteiger partial charge on any atom is 0.260 e. The summed E-state index contributed by atoms with van der Waals surface area (Å²) >= 11 is 0. The zero-order chi connectivity index (χ0) is 12.4. The molecule has 1 fully saturated rings. The Labute approximate surface area is 105 Å². The van der Waals surface area contributed by atoms with E-state index in [1.165, 1.54) is 0 Å². The Morgan fingerprint density at radius 3 is 3.00 bits per heavy atom. The lowest BCUT2D eigenvalue weighted by Crippen LogP contribution is -1.98. The van der Waals surface area contributed by atoms with E-state index in [0.29, 0.717) is 11.7 Å². The van der Waals surface area contributed by atoms with Crippen LogP contribution in [0.25, 0.3) is 11.5 Å². The molecule has 5 heteroatoms. The van der Waals surface area contributed by atoms with Crippen LogP contribution in [0.1, 0.15) is 24.8 Å². The van der Waals surface area contributed by atoms with Crippen molar-refractivity contribution in [3.8, 4) is 11.5 Å². The SMILES string of the molecule is CNc1ccccc1-c1nc(C2CCCO2)no1. The van der Waals surface area contributed by atoms with Crippen LogP contribution in [0.15, 0.2) is 28.8 Å². The highest BCUT2D eigenvalue weighted by atomic mass is 16.5. The van der Waals surface area contributed by atoms with Gasteiger partial charge >= 0.3 is 0 Å². The number of benzene rings is 1. The predicted octanol–water partition coefficient (Wildman–Crippen LogP) is 2.63. The van der Waals surface area contributed by atoms with Crippen molar-refractivity contribution in [3.05, 3.63) is 30.1 Å². The van der Waals surface area contributed by atoms with Crippen molar-refractivity contribution in [2.24, 2.45) is 0 Å². The molecule has 1 unspecified atom stereocenters. The minimum absolute atomic E-state index is 0.00996. The smallest absolute Gasteiger partial charge is 0.260 e. The number of nitrogens with one attached hydrogen (secondary N) is 1. The maximum atomic E-state index is 5.54. The summed E-state index contributed by atoms with van der Waals surface area (Å²) < 4.78 is 10.9. The molecule has 1 aromatic carbocycles. The van der Waals surface area contributed by atoms with Gasteiger partial charge in [0.25, 0.3) is 5.89 Å². The highest BCUT2D eigenvalue weighted by Gasteiger charge is 2.23. The van der Waals surface area contributed by atoms with E-state index < -0.39 is 0 Å². The molecule has 0 aliphatic carbocycles. The number of hydrogen-bond acceptors (Lipinski definition) is 5. The normalized spacial score (nSPS) is 19.1. The molecule has 1 aliphatic rings. The molecule has 5 nitrogen and oxygen atoms in total. The quantitative estimate of drug-likeness (QED) is 0.900. The Balaban J connectivity index is 1.92. The number of nitrogens with zero attached hydrogens (tertiary/aromatic N) is 2. The van der Waals surface area contributed by atoms with E-state index in [1.807, 2.05) is 31.3 Å². The molecule has 0 saturated carbocycles. The fourth-order valence-corrected chi connectivity index (χ4v) is 2.14. The molecule has 94 valence electrons. The second kappa shape index (κ2) is 4.78. The summed E-state index contributed by atoms with van der Waals surface area (Å²) in [5.74, 6) is 1.18. The lowest BCUT2D eigenvalue weighted by molar-refractivity contribution is 0.103. The third-order valence-corrected chi connectivity index (χ3v) is 3.09. The van der Waals surface area contributed by atoms with Crippen molar-refractivity contribution in [1.82, 2.24) is 10.1 Å². The molecule has 0 spiro atoms. The molecule has 1 atom stereocenters. The van der Waals surface area contributed by atoms with Crippen molar-refractivity contribution in [2.45, 2.75) is 18.9 Å². The summed E-state index contributed by atoms with van der Waals surface area (Å²) in [4.78, 5) is 4.43. The van der Waals surface area contributed by atoms with Crippen molar-refractivity contribution in [3.63, 3.8) is 0 Å². The van der Waals surface area contributed by atoms with Gasteiger partial charge in [0.2, 0.25) is 5.82 Å². The van der Waals surface area contributed by atoms with Gasteiger partial charge in [-0.05, 0) is 25.0 Å². The summed E-state index contributed by atoms with van der Waals surface area (Å²) in [7, 11) is 1.87. The number of hydrogen-bond donors (Lipinski definition) is 1. The maximum absolute atomic E-state index is 5.54. The largest absolute Gasteiger partial charge is 0.387 e. The van der Waals surface area contributed by atoms with Crippen LogP contribution in [0.3, 0.4) is 0 Å². The van der Waals surface area contributed by atoms with Crippen LogP contribution in [-0.2, 0) is 4.74 Å². The molecule has 0 amide bonds. The van der Waals surface area contributed by atoms with Gasteiger partial charge in [0.15, 0.2) is 0 Å². The standard InChI is InChI=1S/C13H15N3O2/c1-14-10-6-3-2-5-9(10)13-15-12(16-18-13)11-7-4-8-17-11/h2-3,5-6,11,14H,4,7-8H2,1H3. The van der Waals surface area contributed by atoms with E-state index in [0.717, 1.165) is 30.7 Å². The first kappa shape index (κ1) is 11.2. The minimum atomic E-state index is -0.00996. The van der Waals surface area contributed by atoms with E-state index in [9.17, 15) is 0 Å². The summed E-state index contributed by atoms with van der Waals surface area (Å²) in [6.45, 7) is 0.779. The molecule has 2 heterocycles. The van der Waals surface area contributed by atoms with E-state index in [-0.39, 0.29) is 6.10 Å². The summed E-state index contributed by atoms with van der Waals surface area (Å²) in [5.41, 5.74) is 1.89. The Bertz CT molecular complexity index is 533. The second-order valence-electron chi connectivity index (χ2n) is 4.25. The Morgan fingerprint density at radius 2 is 2.22 bits per heavy atom. The third-order valence-electron chi connectivity index (χ3n) is 3.09. The van der Waals surface area contributed by atoms with Gasteiger partial charge in [0, 0.05) is 19.3 Å². The van der Waals surface area contributed by atoms with E-state index in [1.54, 1.807) is 0 Å². The number of ether oxygens (including phenoxy) is 1. The van der Waals surface area contributed by atoms with E-state index in [4.69, 9.17) is 9.26 Å². The van der Waals surface area contributed by atoms with Crippen molar-refractivity contribution >= 4 is 5.69 Å². The van der Waals surface area contributed by atoms with Crippen LogP contribution < -0.4 is 5.32 Å². The number of rotatable bonds is 3. The molecule has 1 saturated heterocycles. The first-order valence-corrected chi connectivity index (χ1v) is 6.11. The van der Waals surface area contributed by atoms with Crippen LogP contribution in [0.2, 0.25) is 0 Å². The Hall–Kier alpha value is -1.88. The minimum Gasteiger partial charge on any atom is -0.387 e.